The summed E-state index contributed by atoms with van der Waals surface area (Å²) in [4.78, 5) is 55.8. The maximum absolute atomic E-state index is 15.6. The summed E-state index contributed by atoms with van der Waals surface area (Å²) in [6.07, 6.45) is -11.5. The Hall–Kier alpha value is -6.11. The summed E-state index contributed by atoms with van der Waals surface area (Å²) in [6.45, 7) is 4.35. The SMILES string of the molecule is CC(C)(C)C[C@]1(c2ccc3c(C(F)F)nccc3c2)N=C(NC(=O)OCc2ccccc2)N([C@H](COC(=O)CC2(C(F)(F)F)CC2)c2ccc(Cl)c(-n3ncnc3C(F)F)c2)C1=O. The fraction of sp³-hybridized carbons (Fsp3) is 0.372. The van der Waals surface area contributed by atoms with Gasteiger partial charge in [0, 0.05) is 11.6 Å². The number of hydrogen-bond donors (Lipinski definition) is 1. The molecular weight excluding hydrogens is 863 g/mol. The summed E-state index contributed by atoms with van der Waals surface area (Å²) in [5.74, 6) is -3.35. The Labute approximate surface area is 360 Å². The van der Waals surface area contributed by atoms with Crippen LogP contribution in [0, 0.1) is 10.8 Å². The van der Waals surface area contributed by atoms with Crippen molar-refractivity contribution in [2.75, 3.05) is 6.61 Å². The summed E-state index contributed by atoms with van der Waals surface area (Å²) in [5.41, 5.74) is -4.83. The number of guanidine groups is 1. The van der Waals surface area contributed by atoms with Gasteiger partial charge in [-0.2, -0.15) is 18.3 Å². The lowest BCUT2D eigenvalue weighted by Gasteiger charge is -2.35. The number of ether oxygens (including phenoxy) is 2. The number of fused-ring (bicyclic) bond motifs is 1. The number of halogens is 8. The van der Waals surface area contributed by atoms with Gasteiger partial charge in [0.15, 0.2) is 11.4 Å². The van der Waals surface area contributed by atoms with Gasteiger partial charge < -0.3 is 9.47 Å². The van der Waals surface area contributed by atoms with Crippen LogP contribution in [-0.2, 0) is 31.2 Å². The van der Waals surface area contributed by atoms with Crippen LogP contribution in [0.3, 0.4) is 0 Å². The fourth-order valence-electron chi connectivity index (χ4n) is 7.63. The zero-order valence-electron chi connectivity index (χ0n) is 33.8. The Balaban J connectivity index is 1.38. The maximum atomic E-state index is 15.6. The van der Waals surface area contributed by atoms with Gasteiger partial charge in [-0.25, -0.2) is 37.0 Å². The van der Waals surface area contributed by atoms with E-state index < -0.39 is 89.9 Å². The number of carbonyl (C=O) groups excluding carboxylic acids is 3. The van der Waals surface area contributed by atoms with Gasteiger partial charge in [0.05, 0.1) is 28.6 Å². The van der Waals surface area contributed by atoms with Gasteiger partial charge in [-0.05, 0) is 71.0 Å². The number of pyridine rings is 1. The molecule has 7 rings (SSSR count). The minimum absolute atomic E-state index is 0.0214. The molecule has 5 aromatic rings. The molecule has 1 aliphatic carbocycles. The first-order valence-electron chi connectivity index (χ1n) is 19.5. The van der Waals surface area contributed by atoms with Gasteiger partial charge in [0.2, 0.25) is 5.96 Å². The molecule has 63 heavy (non-hydrogen) atoms. The minimum atomic E-state index is -4.70. The molecule has 0 radical (unpaired) electrons. The average molecular weight is 902 g/mol. The van der Waals surface area contributed by atoms with Crippen LogP contribution in [0.4, 0.5) is 35.5 Å². The molecule has 12 nitrogen and oxygen atoms in total. The molecule has 2 aliphatic rings. The molecule has 0 spiro atoms. The van der Waals surface area contributed by atoms with E-state index in [9.17, 15) is 40.3 Å². The highest BCUT2D eigenvalue weighted by Gasteiger charge is 2.64. The molecule has 20 heteroatoms. The number of esters is 1. The molecule has 1 N–H and O–H groups in total. The van der Waals surface area contributed by atoms with Crippen LogP contribution >= 0.6 is 11.6 Å². The first-order valence-corrected chi connectivity index (χ1v) is 19.9. The van der Waals surface area contributed by atoms with E-state index in [1.807, 2.05) is 0 Å². The first kappa shape index (κ1) is 44.9. The number of benzene rings is 3. The predicted octanol–water partition coefficient (Wildman–Crippen LogP) is 10.1. The third-order valence-electron chi connectivity index (χ3n) is 10.8. The minimum Gasteiger partial charge on any atom is -0.463 e. The lowest BCUT2D eigenvalue weighted by atomic mass is 9.75. The molecule has 3 aromatic carbocycles. The van der Waals surface area contributed by atoms with Crippen LogP contribution in [-0.4, -0.2) is 61.4 Å². The zero-order chi connectivity index (χ0) is 45.5. The Morgan fingerprint density at radius 2 is 1.65 bits per heavy atom. The highest BCUT2D eigenvalue weighted by Crippen LogP contribution is 2.60. The molecular formula is C43H39ClF7N7O5. The molecule has 1 fully saturated rings. The van der Waals surface area contributed by atoms with Crippen LogP contribution in [0.2, 0.25) is 5.02 Å². The molecule has 0 saturated heterocycles. The average Bonchev–Trinajstić information content (AvgIpc) is 3.76. The van der Waals surface area contributed by atoms with E-state index in [1.165, 1.54) is 48.7 Å². The fourth-order valence-corrected chi connectivity index (χ4v) is 7.82. The molecule has 3 heterocycles. The molecule has 1 saturated carbocycles. The Morgan fingerprint density at radius 1 is 0.921 bits per heavy atom. The van der Waals surface area contributed by atoms with Crippen LogP contribution in [0.25, 0.3) is 16.5 Å². The van der Waals surface area contributed by atoms with Crippen LogP contribution in [0.15, 0.2) is 90.3 Å². The quantitative estimate of drug-likeness (QED) is 0.0910. The standard InChI is InChI=1S/C43H39ClF7N7O5/c1-40(2,3)22-42(27-10-11-28-25(17-27)13-16-52-33(28)34(45)46)37(60)57(38(56-42)55-39(61)63-20-24-7-5-4-6-8-24)31(21-62-32(59)19-41(14-15-41)43(49,50)51)26-9-12-29(44)30(18-26)58-36(35(47)48)53-23-54-58/h4-13,16-18,23,31,34-35H,14-15,19-22H2,1-3H3,(H,55,56,61)/t31-,42-/m1/s1. The van der Waals surface area contributed by atoms with Gasteiger partial charge in [-0.3, -0.25) is 24.8 Å². The van der Waals surface area contributed by atoms with E-state index in [-0.39, 0.29) is 58.5 Å². The lowest BCUT2D eigenvalue weighted by molar-refractivity contribution is -0.195. The van der Waals surface area contributed by atoms with Gasteiger partial charge in [-0.1, -0.05) is 80.9 Å². The Morgan fingerprint density at radius 3 is 2.30 bits per heavy atom. The number of alkyl carbamates (subject to hydrolysis) is 1. The highest BCUT2D eigenvalue weighted by molar-refractivity contribution is 6.32. The van der Waals surface area contributed by atoms with Crippen molar-refractivity contribution in [2.24, 2.45) is 15.8 Å². The van der Waals surface area contributed by atoms with Crippen molar-refractivity contribution in [2.45, 2.75) is 83.7 Å². The predicted molar refractivity (Wildman–Crippen MR) is 214 cm³/mol. The molecule has 0 bridgehead atoms. The van der Waals surface area contributed by atoms with Gasteiger partial charge >= 0.3 is 18.2 Å². The topological polar surface area (TPSA) is 141 Å². The van der Waals surface area contributed by atoms with Crippen molar-refractivity contribution in [1.82, 2.24) is 30.0 Å². The van der Waals surface area contributed by atoms with E-state index >= 15 is 4.79 Å². The summed E-state index contributed by atoms with van der Waals surface area (Å²) in [5, 5.41) is 6.68. The normalized spacial score (nSPS) is 17.9. The van der Waals surface area contributed by atoms with Crippen LogP contribution in [0.1, 0.15) is 93.6 Å². The molecule has 1 aliphatic heterocycles. The van der Waals surface area contributed by atoms with E-state index in [0.29, 0.717) is 5.56 Å². The van der Waals surface area contributed by atoms with E-state index in [4.69, 9.17) is 26.1 Å². The second kappa shape index (κ2) is 17.2. The third-order valence-corrected chi connectivity index (χ3v) is 11.1. The molecule has 2 aromatic heterocycles. The van der Waals surface area contributed by atoms with Crippen molar-refractivity contribution >= 4 is 46.3 Å². The van der Waals surface area contributed by atoms with E-state index in [1.54, 1.807) is 51.1 Å². The summed E-state index contributed by atoms with van der Waals surface area (Å²) >= 11 is 6.51. The molecule has 0 unspecified atom stereocenters. The number of alkyl halides is 7. The van der Waals surface area contributed by atoms with Crippen LogP contribution in [0.5, 0.6) is 0 Å². The highest BCUT2D eigenvalue weighted by atomic mass is 35.5. The van der Waals surface area contributed by atoms with E-state index in [0.717, 1.165) is 15.9 Å². The smallest absolute Gasteiger partial charge is 0.414 e. The second-order valence-corrected chi connectivity index (χ2v) is 16.9. The third kappa shape index (κ3) is 9.33. The number of amides is 2. The van der Waals surface area contributed by atoms with Crippen molar-refractivity contribution in [3.63, 3.8) is 0 Å². The number of carbonyl (C=O) groups is 3. The van der Waals surface area contributed by atoms with Crippen molar-refractivity contribution in [3.05, 3.63) is 119 Å². The van der Waals surface area contributed by atoms with Crippen molar-refractivity contribution in [3.8, 4) is 5.69 Å². The number of nitrogens with zero attached hydrogens (tertiary/aromatic N) is 6. The largest absolute Gasteiger partial charge is 0.463 e. The maximum Gasteiger partial charge on any atom is 0.414 e. The number of aromatic nitrogens is 4. The molecule has 2 amide bonds. The Bertz CT molecular complexity index is 2560. The number of hydrogen-bond acceptors (Lipinski definition) is 9. The van der Waals surface area contributed by atoms with Crippen molar-refractivity contribution < 1.29 is 54.6 Å². The zero-order valence-corrected chi connectivity index (χ0v) is 34.6. The van der Waals surface area contributed by atoms with Gasteiger partial charge in [0.25, 0.3) is 18.8 Å². The van der Waals surface area contributed by atoms with E-state index in [2.05, 4.69) is 20.4 Å². The number of aliphatic imine (C=N–C) groups is 1. The number of nitrogens with one attached hydrogen (secondary N) is 1. The molecule has 332 valence electrons. The lowest BCUT2D eigenvalue weighted by Crippen LogP contribution is -2.49. The van der Waals surface area contributed by atoms with Crippen molar-refractivity contribution in [1.29, 1.82) is 0 Å². The summed E-state index contributed by atoms with van der Waals surface area (Å²) < 4.78 is 110. The van der Waals surface area contributed by atoms with Gasteiger partial charge in [0.1, 0.15) is 25.2 Å². The first-order chi connectivity index (χ1) is 29.7. The van der Waals surface area contributed by atoms with Crippen LogP contribution < -0.4 is 5.32 Å². The summed E-state index contributed by atoms with van der Waals surface area (Å²) in [6, 6.07) is 16.7. The number of rotatable bonds is 13. The van der Waals surface area contributed by atoms with Gasteiger partial charge in [-0.15, -0.1) is 0 Å². The second-order valence-electron chi connectivity index (χ2n) is 16.5. The monoisotopic (exact) mass is 901 g/mol. The summed E-state index contributed by atoms with van der Waals surface area (Å²) in [7, 11) is 0. The Kier molecular flexibility index (Phi) is 12.3. The molecule has 2 atom stereocenters.